The average molecular weight is 407 g/mol. The van der Waals surface area contributed by atoms with Crippen LogP contribution < -0.4 is 10.1 Å². The molecule has 1 aromatic heterocycles. The fraction of sp³-hybridized carbons (Fsp3) is 0.217. The van der Waals surface area contributed by atoms with Gasteiger partial charge in [-0.1, -0.05) is 12.1 Å². The van der Waals surface area contributed by atoms with Crippen LogP contribution in [0.1, 0.15) is 38.1 Å². The number of amides is 2. The molecule has 0 saturated heterocycles. The Kier molecular flexibility index (Phi) is 5.62. The molecule has 1 aliphatic heterocycles. The minimum Gasteiger partial charge on any atom is -0.494 e. The van der Waals surface area contributed by atoms with E-state index in [1.807, 2.05) is 47.5 Å². The third-order valence-corrected chi connectivity index (χ3v) is 5.78. The molecule has 1 N–H and O–H groups in total. The fourth-order valence-corrected chi connectivity index (χ4v) is 4.13. The maximum absolute atomic E-state index is 12.6. The van der Waals surface area contributed by atoms with Crippen LogP contribution >= 0.6 is 11.3 Å². The number of hydrogen-bond donors (Lipinski definition) is 1. The molecule has 2 amide bonds. The Bertz CT molecular complexity index is 1010. The first-order valence-corrected chi connectivity index (χ1v) is 10.5. The Balaban J connectivity index is 1.46. The standard InChI is InChI=1S/C23H22N2O3S/c1-2-28-20-9-6-17(7-10-20)22(26)24-19-8-5-16-11-12-25(15-18(16)14-19)23(27)21-4-3-13-29-21/h3-10,13-14H,2,11-12,15H2,1H3,(H,24,26). The molecule has 2 aromatic carbocycles. The van der Waals surface area contributed by atoms with Crippen LogP contribution in [-0.4, -0.2) is 29.9 Å². The van der Waals surface area contributed by atoms with Gasteiger partial charge in [0.05, 0.1) is 11.5 Å². The van der Waals surface area contributed by atoms with Crippen molar-refractivity contribution in [2.24, 2.45) is 0 Å². The highest BCUT2D eigenvalue weighted by Gasteiger charge is 2.22. The molecule has 0 fully saturated rings. The van der Waals surface area contributed by atoms with Crippen LogP contribution in [0.25, 0.3) is 0 Å². The van der Waals surface area contributed by atoms with E-state index in [0.29, 0.717) is 25.3 Å². The molecule has 5 nitrogen and oxygen atoms in total. The normalized spacial score (nSPS) is 12.9. The van der Waals surface area contributed by atoms with Crippen molar-refractivity contribution in [2.75, 3.05) is 18.5 Å². The largest absolute Gasteiger partial charge is 0.494 e. The van der Waals surface area contributed by atoms with Crippen LogP contribution in [0, 0.1) is 0 Å². The van der Waals surface area contributed by atoms with Gasteiger partial charge in [-0.2, -0.15) is 0 Å². The Hall–Kier alpha value is -3.12. The van der Waals surface area contributed by atoms with Crippen molar-refractivity contribution in [3.8, 4) is 5.75 Å². The first-order chi connectivity index (χ1) is 14.1. The molecule has 0 radical (unpaired) electrons. The third-order valence-electron chi connectivity index (χ3n) is 4.92. The van der Waals surface area contributed by atoms with E-state index in [-0.39, 0.29) is 11.8 Å². The highest BCUT2D eigenvalue weighted by molar-refractivity contribution is 7.12. The summed E-state index contributed by atoms with van der Waals surface area (Å²) in [6.07, 6.45) is 0.819. The van der Waals surface area contributed by atoms with E-state index in [9.17, 15) is 9.59 Å². The monoisotopic (exact) mass is 406 g/mol. The molecular weight excluding hydrogens is 384 g/mol. The Morgan fingerprint density at radius 3 is 2.66 bits per heavy atom. The zero-order valence-corrected chi connectivity index (χ0v) is 17.0. The van der Waals surface area contributed by atoms with Crippen molar-refractivity contribution < 1.29 is 14.3 Å². The van der Waals surface area contributed by atoms with Crippen LogP contribution in [-0.2, 0) is 13.0 Å². The molecule has 148 valence electrons. The van der Waals surface area contributed by atoms with E-state index in [1.54, 1.807) is 24.3 Å². The molecule has 6 heteroatoms. The van der Waals surface area contributed by atoms with Gasteiger partial charge in [0.1, 0.15) is 5.75 Å². The van der Waals surface area contributed by atoms with Gasteiger partial charge in [-0.25, -0.2) is 0 Å². The van der Waals surface area contributed by atoms with E-state index in [1.165, 1.54) is 16.9 Å². The highest BCUT2D eigenvalue weighted by Crippen LogP contribution is 2.25. The summed E-state index contributed by atoms with van der Waals surface area (Å²) in [6, 6.07) is 16.8. The molecule has 2 heterocycles. The maximum atomic E-state index is 12.6. The summed E-state index contributed by atoms with van der Waals surface area (Å²) in [6.45, 7) is 3.78. The van der Waals surface area contributed by atoms with Gasteiger partial charge in [0, 0.05) is 24.3 Å². The summed E-state index contributed by atoms with van der Waals surface area (Å²) < 4.78 is 5.41. The lowest BCUT2D eigenvalue weighted by molar-refractivity contribution is 0.0739. The number of nitrogens with zero attached hydrogens (tertiary/aromatic N) is 1. The van der Waals surface area contributed by atoms with E-state index < -0.39 is 0 Å². The van der Waals surface area contributed by atoms with Gasteiger partial charge in [0.2, 0.25) is 0 Å². The van der Waals surface area contributed by atoms with Crippen molar-refractivity contribution in [1.82, 2.24) is 4.90 Å². The Morgan fingerprint density at radius 1 is 1.10 bits per heavy atom. The fourth-order valence-electron chi connectivity index (χ4n) is 3.44. The van der Waals surface area contributed by atoms with Crippen molar-refractivity contribution in [3.05, 3.63) is 81.5 Å². The van der Waals surface area contributed by atoms with Gasteiger partial charge in [-0.3, -0.25) is 9.59 Å². The molecule has 29 heavy (non-hydrogen) atoms. The number of fused-ring (bicyclic) bond motifs is 1. The zero-order chi connectivity index (χ0) is 20.2. The van der Waals surface area contributed by atoms with Gasteiger partial charge < -0.3 is 15.0 Å². The molecule has 0 aliphatic carbocycles. The van der Waals surface area contributed by atoms with Crippen LogP contribution in [0.5, 0.6) is 5.75 Å². The number of carbonyl (C=O) groups is 2. The summed E-state index contributed by atoms with van der Waals surface area (Å²) in [5.41, 5.74) is 3.60. The smallest absolute Gasteiger partial charge is 0.264 e. The molecular formula is C23H22N2O3S. The second-order valence-electron chi connectivity index (χ2n) is 6.85. The topological polar surface area (TPSA) is 58.6 Å². The predicted octanol–water partition coefficient (Wildman–Crippen LogP) is 4.60. The van der Waals surface area contributed by atoms with E-state index >= 15 is 0 Å². The summed E-state index contributed by atoms with van der Waals surface area (Å²) in [7, 11) is 0. The van der Waals surface area contributed by atoms with Crippen LogP contribution in [0.2, 0.25) is 0 Å². The summed E-state index contributed by atoms with van der Waals surface area (Å²) in [4.78, 5) is 27.8. The van der Waals surface area contributed by atoms with Gasteiger partial charge in [-0.15, -0.1) is 11.3 Å². The number of benzene rings is 2. The predicted molar refractivity (Wildman–Crippen MR) is 115 cm³/mol. The summed E-state index contributed by atoms with van der Waals surface area (Å²) in [5.74, 6) is 0.637. The molecule has 0 bridgehead atoms. The van der Waals surface area contributed by atoms with Crippen molar-refractivity contribution in [2.45, 2.75) is 19.9 Å². The number of nitrogens with one attached hydrogen (secondary N) is 1. The van der Waals surface area contributed by atoms with E-state index in [4.69, 9.17) is 4.74 Å². The number of rotatable bonds is 5. The number of hydrogen-bond acceptors (Lipinski definition) is 4. The van der Waals surface area contributed by atoms with Crippen LogP contribution in [0.15, 0.2) is 60.0 Å². The summed E-state index contributed by atoms with van der Waals surface area (Å²) in [5, 5.41) is 4.87. The lowest BCUT2D eigenvalue weighted by Gasteiger charge is -2.29. The number of thiophene rings is 1. The third kappa shape index (κ3) is 4.32. The number of ether oxygens (including phenoxy) is 1. The lowest BCUT2D eigenvalue weighted by Crippen LogP contribution is -2.35. The maximum Gasteiger partial charge on any atom is 0.264 e. The quantitative estimate of drug-likeness (QED) is 0.674. The van der Waals surface area contributed by atoms with Gasteiger partial charge in [0.15, 0.2) is 0 Å². The number of anilines is 1. The SMILES string of the molecule is CCOc1ccc(C(=O)Nc2ccc3c(c2)CN(C(=O)c2cccs2)CC3)cc1. The van der Waals surface area contributed by atoms with Gasteiger partial charge >= 0.3 is 0 Å². The lowest BCUT2D eigenvalue weighted by atomic mass is 9.98. The van der Waals surface area contributed by atoms with Crippen molar-refractivity contribution in [1.29, 1.82) is 0 Å². The average Bonchev–Trinajstić information content (AvgIpc) is 3.28. The molecule has 0 spiro atoms. The first kappa shape index (κ1) is 19.2. The Labute approximate surface area is 173 Å². The molecule has 4 rings (SSSR count). The van der Waals surface area contributed by atoms with Gasteiger partial charge in [0.25, 0.3) is 11.8 Å². The van der Waals surface area contributed by atoms with Crippen molar-refractivity contribution in [3.63, 3.8) is 0 Å². The minimum atomic E-state index is -0.171. The van der Waals surface area contributed by atoms with E-state index in [2.05, 4.69) is 5.32 Å². The molecule has 3 aromatic rings. The van der Waals surface area contributed by atoms with E-state index in [0.717, 1.165) is 28.3 Å². The summed E-state index contributed by atoms with van der Waals surface area (Å²) >= 11 is 1.46. The minimum absolute atomic E-state index is 0.0643. The highest BCUT2D eigenvalue weighted by atomic mass is 32.1. The van der Waals surface area contributed by atoms with Crippen LogP contribution in [0.3, 0.4) is 0 Å². The second-order valence-corrected chi connectivity index (χ2v) is 7.80. The molecule has 0 atom stereocenters. The van der Waals surface area contributed by atoms with Gasteiger partial charge in [-0.05, 0) is 72.3 Å². The van der Waals surface area contributed by atoms with Crippen LogP contribution in [0.4, 0.5) is 5.69 Å². The van der Waals surface area contributed by atoms with Crippen molar-refractivity contribution >= 4 is 28.8 Å². The molecule has 0 unspecified atom stereocenters. The molecule has 0 saturated carbocycles. The molecule has 1 aliphatic rings. The zero-order valence-electron chi connectivity index (χ0n) is 16.2. The second kappa shape index (κ2) is 8.49. The number of carbonyl (C=O) groups excluding carboxylic acids is 2. The Morgan fingerprint density at radius 2 is 1.93 bits per heavy atom. The first-order valence-electron chi connectivity index (χ1n) is 9.63.